The van der Waals surface area contributed by atoms with Crippen molar-refractivity contribution in [3.8, 4) is 5.75 Å². The lowest BCUT2D eigenvalue weighted by molar-refractivity contribution is -0.146. The minimum absolute atomic E-state index is 0.00376. The first-order valence-electron chi connectivity index (χ1n) is 17.9. The summed E-state index contributed by atoms with van der Waals surface area (Å²) in [6, 6.07) is 31.1. The van der Waals surface area contributed by atoms with Gasteiger partial charge in [-0.2, -0.15) is 0 Å². The first-order valence-corrected chi connectivity index (χ1v) is 21.4. The normalized spacial score (nSPS) is 20.9. The van der Waals surface area contributed by atoms with Gasteiger partial charge in [0.15, 0.2) is 5.60 Å². The molecular weight excluding hydrogens is 706 g/mol. The monoisotopic (exact) mass is 749 g/mol. The molecule has 0 bridgehead atoms. The number of rotatable bonds is 13. The zero-order valence-electron chi connectivity index (χ0n) is 30.4. The van der Waals surface area contributed by atoms with Gasteiger partial charge in [0.05, 0.1) is 39.2 Å². The van der Waals surface area contributed by atoms with Crippen molar-refractivity contribution in [2.75, 3.05) is 23.5 Å². The number of ether oxygens (including phenoxy) is 2. The third-order valence-corrected chi connectivity index (χ3v) is 15.7. The van der Waals surface area contributed by atoms with Gasteiger partial charge in [-0.15, -0.1) is 5.10 Å². The molecule has 12 heteroatoms. The van der Waals surface area contributed by atoms with Crippen molar-refractivity contribution in [3.05, 3.63) is 125 Å². The van der Waals surface area contributed by atoms with Crippen LogP contribution in [0.2, 0.25) is 23.7 Å². The minimum Gasteiger partial charge on any atom is -0.497 e. The maximum absolute atomic E-state index is 15.2. The molecule has 4 aromatic carbocycles. The molecule has 1 fully saturated rings. The van der Waals surface area contributed by atoms with Crippen molar-refractivity contribution in [3.63, 3.8) is 0 Å². The van der Waals surface area contributed by atoms with E-state index in [0.29, 0.717) is 31.0 Å². The number of amides is 2. The highest BCUT2D eigenvalue weighted by molar-refractivity contribution is 6.91. The van der Waals surface area contributed by atoms with Crippen LogP contribution in [0.3, 0.4) is 0 Å². The zero-order valence-corrected chi connectivity index (χ0v) is 32.1. The van der Waals surface area contributed by atoms with E-state index in [0.717, 1.165) is 46.0 Å². The number of fused-ring (bicyclic) bond motifs is 2. The van der Waals surface area contributed by atoms with Crippen LogP contribution in [-0.4, -0.2) is 60.3 Å². The van der Waals surface area contributed by atoms with Gasteiger partial charge in [0.1, 0.15) is 5.75 Å². The summed E-state index contributed by atoms with van der Waals surface area (Å²) in [5, 5.41) is 19.7. The highest BCUT2D eigenvalue weighted by Gasteiger charge is 2.66. The van der Waals surface area contributed by atoms with Gasteiger partial charge < -0.3 is 19.5 Å². The van der Waals surface area contributed by atoms with Crippen LogP contribution in [0.25, 0.3) is 0 Å². The Morgan fingerprint density at radius 1 is 1.02 bits per heavy atom. The highest BCUT2D eigenvalue weighted by atomic mass is 35.5. The number of aliphatic hydroxyl groups is 1. The Morgan fingerprint density at radius 2 is 1.74 bits per heavy atom. The number of anilines is 3. The van der Waals surface area contributed by atoms with Crippen molar-refractivity contribution >= 4 is 54.2 Å². The maximum atomic E-state index is 15.2. The minimum atomic E-state index is -2.35. The lowest BCUT2D eigenvalue weighted by atomic mass is 9.82. The number of aryl methyl sites for hydroxylation is 1. The molecule has 1 N–H and O–H groups in total. The Morgan fingerprint density at radius 3 is 2.42 bits per heavy atom. The smallest absolute Gasteiger partial charge is 0.264 e. The van der Waals surface area contributed by atoms with E-state index in [9.17, 15) is 9.90 Å². The van der Waals surface area contributed by atoms with Crippen LogP contribution in [0.4, 0.5) is 17.1 Å². The van der Waals surface area contributed by atoms with Crippen LogP contribution in [0.1, 0.15) is 30.2 Å². The summed E-state index contributed by atoms with van der Waals surface area (Å²) < 4.78 is 14.5. The number of nitrogens with zero attached hydrogens (tertiary/aromatic N) is 5. The molecule has 0 radical (unpaired) electrons. The number of aromatic nitrogens is 3. The van der Waals surface area contributed by atoms with E-state index in [1.54, 1.807) is 16.7 Å². The molecule has 274 valence electrons. The SMILES string of the molecule is COc1ccc([Si](C)(C)[C@@H]2[C@@H](CCn3cc(CCO)nn3)O[C@]3(C(=O)N(Cc4ccc(N(C=O)c5ccccc5)cc4)c4ccc(Cl)cc43)[C@H]2C)cc1. The van der Waals surface area contributed by atoms with Crippen molar-refractivity contribution in [1.82, 2.24) is 15.0 Å². The van der Waals surface area contributed by atoms with Crippen LogP contribution in [-0.2, 0) is 39.4 Å². The summed E-state index contributed by atoms with van der Waals surface area (Å²) in [4.78, 5) is 30.7. The predicted octanol–water partition coefficient (Wildman–Crippen LogP) is 6.62. The van der Waals surface area contributed by atoms with Crippen LogP contribution >= 0.6 is 11.6 Å². The molecule has 4 atom stereocenters. The van der Waals surface area contributed by atoms with Gasteiger partial charge >= 0.3 is 0 Å². The molecule has 5 aromatic rings. The number of halogens is 1. The van der Waals surface area contributed by atoms with Crippen molar-refractivity contribution in [2.24, 2.45) is 5.92 Å². The zero-order chi connectivity index (χ0) is 37.3. The molecule has 10 nitrogen and oxygen atoms in total. The number of aliphatic hydroxyl groups excluding tert-OH is 1. The number of hydrogen-bond acceptors (Lipinski definition) is 7. The van der Waals surface area contributed by atoms with Gasteiger partial charge in [-0.25, -0.2) is 0 Å². The molecule has 0 aliphatic carbocycles. The summed E-state index contributed by atoms with van der Waals surface area (Å²) in [6.07, 6.45) is 3.44. The standard InChI is InChI=1S/C41H44ClN5O5Si/c1-28-39(53(3,4)35-17-15-34(51-2)16-18-35)38(20-22-45-26-31(21-23-48)43-44-45)52-41(28)36-24-30(42)12-19-37(36)46(40(41)50)25-29-10-13-33(14-11-29)47(27-49)32-8-6-5-7-9-32/h5-19,24,26-28,38-39,48H,20-23,25H2,1-4H3/t28-,38+,39-,41+/m0/s1. The van der Waals surface area contributed by atoms with Gasteiger partial charge in [0.25, 0.3) is 5.91 Å². The molecule has 1 saturated heterocycles. The van der Waals surface area contributed by atoms with E-state index < -0.39 is 13.7 Å². The molecule has 1 spiro atoms. The lowest BCUT2D eigenvalue weighted by Gasteiger charge is -2.37. The lowest BCUT2D eigenvalue weighted by Crippen LogP contribution is -2.51. The van der Waals surface area contributed by atoms with E-state index in [1.165, 1.54) is 5.19 Å². The number of carbonyl (C=O) groups excluding carboxylic acids is 2. The number of methoxy groups -OCH3 is 1. The molecule has 2 aliphatic rings. The number of carbonyl (C=O) groups is 2. The first-order chi connectivity index (χ1) is 25.6. The average molecular weight is 750 g/mol. The van der Waals surface area contributed by atoms with Gasteiger partial charge in [0, 0.05) is 53.6 Å². The van der Waals surface area contributed by atoms with E-state index in [1.807, 2.05) is 96.0 Å². The Kier molecular flexibility index (Phi) is 10.3. The van der Waals surface area contributed by atoms with Crippen molar-refractivity contribution in [2.45, 2.75) is 63.2 Å². The van der Waals surface area contributed by atoms with E-state index in [-0.39, 0.29) is 30.1 Å². The molecule has 2 amide bonds. The fourth-order valence-corrected chi connectivity index (χ4v) is 12.7. The summed E-state index contributed by atoms with van der Waals surface area (Å²) >= 11 is 6.70. The highest BCUT2D eigenvalue weighted by Crippen LogP contribution is 2.60. The van der Waals surface area contributed by atoms with Crippen LogP contribution in [0, 0.1) is 5.92 Å². The molecule has 0 unspecified atom stereocenters. The van der Waals surface area contributed by atoms with Gasteiger partial charge in [-0.1, -0.05) is 84.5 Å². The average Bonchev–Trinajstić information content (AvgIpc) is 3.82. The summed E-state index contributed by atoms with van der Waals surface area (Å²) in [5.41, 5.74) is 3.49. The Hall–Kier alpha value is -4.81. The largest absolute Gasteiger partial charge is 0.497 e. The Balaban J connectivity index is 1.24. The van der Waals surface area contributed by atoms with E-state index in [4.69, 9.17) is 21.1 Å². The second-order valence-corrected chi connectivity index (χ2v) is 19.5. The fourth-order valence-electron chi connectivity index (χ4n) is 8.45. The first kappa shape index (κ1) is 36.5. The second-order valence-electron chi connectivity index (χ2n) is 14.4. The predicted molar refractivity (Wildman–Crippen MR) is 209 cm³/mol. The fraction of sp³-hybridized carbons (Fsp3) is 0.317. The topological polar surface area (TPSA) is 110 Å². The quantitative estimate of drug-likeness (QED) is 0.106. The number of benzene rings is 4. The second kappa shape index (κ2) is 14.9. The third kappa shape index (κ3) is 6.67. The van der Waals surface area contributed by atoms with Crippen molar-refractivity contribution in [1.29, 1.82) is 0 Å². The van der Waals surface area contributed by atoms with Gasteiger partial charge in [0.2, 0.25) is 6.41 Å². The summed E-state index contributed by atoms with van der Waals surface area (Å²) in [6.45, 7) is 7.74. The molecule has 0 saturated carbocycles. The number of para-hydroxylation sites is 1. The van der Waals surface area contributed by atoms with E-state index >= 15 is 4.79 Å². The van der Waals surface area contributed by atoms with Crippen molar-refractivity contribution < 1.29 is 24.2 Å². The van der Waals surface area contributed by atoms with Crippen LogP contribution < -0.4 is 19.7 Å². The summed E-state index contributed by atoms with van der Waals surface area (Å²) in [5.74, 6) is 0.494. The Labute approximate surface area is 315 Å². The molecule has 1 aromatic heterocycles. The molecular formula is C41H44ClN5O5Si. The summed E-state index contributed by atoms with van der Waals surface area (Å²) in [7, 11) is -0.687. The van der Waals surface area contributed by atoms with Gasteiger partial charge in [-0.05, 0) is 72.1 Å². The Bertz CT molecular complexity index is 2080. The number of hydrogen-bond donors (Lipinski definition) is 1. The van der Waals surface area contributed by atoms with Crippen LogP contribution in [0.5, 0.6) is 5.75 Å². The molecule has 7 rings (SSSR count). The molecule has 53 heavy (non-hydrogen) atoms. The molecule has 3 heterocycles. The third-order valence-electron chi connectivity index (χ3n) is 11.1. The van der Waals surface area contributed by atoms with Gasteiger partial charge in [-0.3, -0.25) is 19.2 Å². The van der Waals surface area contributed by atoms with E-state index in [2.05, 4.69) is 42.5 Å². The van der Waals surface area contributed by atoms with Crippen LogP contribution in [0.15, 0.2) is 103 Å². The maximum Gasteiger partial charge on any atom is 0.264 e. The molecule has 2 aliphatic heterocycles.